The van der Waals surface area contributed by atoms with Crippen molar-refractivity contribution in [3.8, 4) is 11.6 Å². The van der Waals surface area contributed by atoms with Gasteiger partial charge >= 0.3 is 5.97 Å². The number of hydrogen-bond donors (Lipinski definition) is 1. The van der Waals surface area contributed by atoms with E-state index in [1.807, 2.05) is 42.5 Å². The molecule has 8 heteroatoms. The van der Waals surface area contributed by atoms with E-state index in [-0.39, 0.29) is 18.8 Å². The number of halogens is 1. The van der Waals surface area contributed by atoms with Gasteiger partial charge in [0.05, 0.1) is 12.2 Å². The Morgan fingerprint density at radius 3 is 2.65 bits per heavy atom. The Balaban J connectivity index is 1.31. The predicted octanol–water partition coefficient (Wildman–Crippen LogP) is 5.98. The van der Waals surface area contributed by atoms with Gasteiger partial charge in [-0.3, -0.25) is 9.59 Å². The fourth-order valence-electron chi connectivity index (χ4n) is 5.45. The summed E-state index contributed by atoms with van der Waals surface area (Å²) in [5.74, 6) is 0.229. The van der Waals surface area contributed by atoms with E-state index >= 15 is 0 Å². The Morgan fingerprint density at radius 2 is 1.90 bits per heavy atom. The highest BCUT2D eigenvalue weighted by Gasteiger charge is 2.33. The number of aliphatic hydroxyl groups is 1. The number of aromatic nitrogens is 1. The number of pyridine rings is 1. The number of fused-ring (bicyclic) bond motifs is 2. The summed E-state index contributed by atoms with van der Waals surface area (Å²) in [7, 11) is 0. The van der Waals surface area contributed by atoms with Crippen molar-refractivity contribution in [1.82, 2.24) is 9.88 Å². The van der Waals surface area contributed by atoms with Crippen molar-refractivity contribution >= 4 is 28.9 Å². The quantitative estimate of drug-likeness (QED) is 0.206. The molecule has 2 aliphatic rings. The zero-order valence-electron chi connectivity index (χ0n) is 22.6. The molecule has 5 rings (SSSR count). The van der Waals surface area contributed by atoms with Crippen LogP contribution >= 0.6 is 11.6 Å². The lowest BCUT2D eigenvalue weighted by Crippen LogP contribution is -2.42. The number of likely N-dealkylation sites (tertiary alicyclic amines) is 1. The maximum absolute atomic E-state index is 13.1. The summed E-state index contributed by atoms with van der Waals surface area (Å²) in [6, 6.07) is 16.6. The molecule has 0 aliphatic carbocycles. The Hall–Kier alpha value is -3.52. The minimum atomic E-state index is -0.834. The van der Waals surface area contributed by atoms with Gasteiger partial charge in [0.25, 0.3) is 0 Å². The van der Waals surface area contributed by atoms with Crippen LogP contribution in [0.3, 0.4) is 0 Å². The van der Waals surface area contributed by atoms with Crippen molar-refractivity contribution in [2.75, 3.05) is 26.2 Å². The van der Waals surface area contributed by atoms with Gasteiger partial charge < -0.3 is 19.5 Å². The van der Waals surface area contributed by atoms with Crippen LogP contribution in [0.25, 0.3) is 5.57 Å². The average Bonchev–Trinajstić information content (AvgIpc) is 3.11. The Morgan fingerprint density at radius 1 is 1.12 bits per heavy atom. The summed E-state index contributed by atoms with van der Waals surface area (Å²) in [5.41, 5.74) is 3.19. The van der Waals surface area contributed by atoms with Crippen molar-refractivity contribution in [2.24, 2.45) is 0 Å². The second-order valence-corrected chi connectivity index (χ2v) is 10.7. The van der Waals surface area contributed by atoms with Gasteiger partial charge in [-0.25, -0.2) is 4.98 Å². The standard InChI is InChI=1S/C32H33ClN2O5/c1-2-39-30(37)21-28(36)26-7-3-9-29-27(26)20-22(25-8-4-16-34-31(25)40-29)6-5-17-35-18-14-32(38,15-19-35)23-10-12-24(33)13-11-23/h3-4,6-13,16,38H,2,5,14-15,17-21H2,1H3/b22-6-. The number of esters is 1. The molecule has 0 unspecified atom stereocenters. The zero-order valence-corrected chi connectivity index (χ0v) is 23.3. The summed E-state index contributed by atoms with van der Waals surface area (Å²) in [4.78, 5) is 31.9. The van der Waals surface area contributed by atoms with Gasteiger partial charge in [0.1, 0.15) is 12.2 Å². The molecule has 0 spiro atoms. The fourth-order valence-corrected chi connectivity index (χ4v) is 5.57. The van der Waals surface area contributed by atoms with Crippen LogP contribution in [0.4, 0.5) is 0 Å². The summed E-state index contributed by atoms with van der Waals surface area (Å²) < 4.78 is 11.2. The fraction of sp³-hybridized carbons (Fsp3) is 0.344. The number of allylic oxidation sites excluding steroid dienone is 1. The molecule has 1 fully saturated rings. The minimum absolute atomic E-state index is 0.230. The number of rotatable bonds is 8. The lowest BCUT2D eigenvalue weighted by Gasteiger charge is -2.38. The average molecular weight is 561 g/mol. The van der Waals surface area contributed by atoms with Crippen LogP contribution in [0.2, 0.25) is 5.02 Å². The topological polar surface area (TPSA) is 89.0 Å². The van der Waals surface area contributed by atoms with Gasteiger partial charge in [-0.1, -0.05) is 41.9 Å². The first-order valence-electron chi connectivity index (χ1n) is 13.7. The molecule has 0 radical (unpaired) electrons. The van der Waals surface area contributed by atoms with Crippen LogP contribution in [0, 0.1) is 0 Å². The molecular formula is C32H33ClN2O5. The highest BCUT2D eigenvalue weighted by molar-refractivity contribution is 6.30. The van der Waals surface area contributed by atoms with Crippen molar-refractivity contribution in [3.63, 3.8) is 0 Å². The van der Waals surface area contributed by atoms with E-state index in [2.05, 4.69) is 16.0 Å². The normalized spacial score (nSPS) is 17.3. The number of hydrogen-bond acceptors (Lipinski definition) is 7. The van der Waals surface area contributed by atoms with Crippen molar-refractivity contribution < 1.29 is 24.2 Å². The van der Waals surface area contributed by atoms with Crippen molar-refractivity contribution in [3.05, 3.63) is 94.1 Å². The molecule has 208 valence electrons. The SMILES string of the molecule is CCOC(=O)CC(=O)c1cccc2c1C/C(=C/CCN1CCC(O)(c3ccc(Cl)cc3)CC1)c1cccnc1O2. The molecule has 1 N–H and O–H groups in total. The Bertz CT molecular complexity index is 1410. The number of carbonyl (C=O) groups excluding carboxylic acids is 2. The minimum Gasteiger partial charge on any atom is -0.466 e. The maximum atomic E-state index is 13.1. The number of Topliss-reactive ketones (excluding diaryl/α,β-unsaturated/α-hetero) is 1. The van der Waals surface area contributed by atoms with Gasteiger partial charge in [-0.15, -0.1) is 0 Å². The molecular weight excluding hydrogens is 528 g/mol. The third-order valence-electron chi connectivity index (χ3n) is 7.64. The molecule has 2 aliphatic heterocycles. The highest BCUT2D eigenvalue weighted by atomic mass is 35.5. The van der Waals surface area contributed by atoms with Crippen LogP contribution in [0.5, 0.6) is 11.6 Å². The van der Waals surface area contributed by atoms with E-state index in [0.29, 0.717) is 41.5 Å². The number of nitrogens with zero attached hydrogens (tertiary/aromatic N) is 2. The molecule has 3 aromatic rings. The van der Waals surface area contributed by atoms with E-state index in [4.69, 9.17) is 21.1 Å². The van der Waals surface area contributed by atoms with Crippen LogP contribution in [0.15, 0.2) is 66.9 Å². The molecule has 0 saturated carbocycles. The van der Waals surface area contributed by atoms with Gasteiger partial charge in [-0.05, 0) is 67.7 Å². The first kappa shape index (κ1) is 28.0. The van der Waals surface area contributed by atoms with E-state index in [1.165, 1.54) is 0 Å². The molecule has 1 saturated heterocycles. The van der Waals surface area contributed by atoms with Crippen molar-refractivity contribution in [2.45, 2.75) is 44.6 Å². The van der Waals surface area contributed by atoms with Crippen LogP contribution in [-0.4, -0.2) is 53.0 Å². The zero-order chi connectivity index (χ0) is 28.1. The van der Waals surface area contributed by atoms with Crippen LogP contribution in [-0.2, 0) is 21.6 Å². The second kappa shape index (κ2) is 12.3. The molecule has 3 heterocycles. The maximum Gasteiger partial charge on any atom is 0.313 e. The van der Waals surface area contributed by atoms with Gasteiger partial charge in [-0.2, -0.15) is 0 Å². The number of ether oxygens (including phenoxy) is 2. The van der Waals surface area contributed by atoms with E-state index in [0.717, 1.165) is 48.3 Å². The van der Waals surface area contributed by atoms with Crippen LogP contribution < -0.4 is 4.74 Å². The number of benzene rings is 2. The molecule has 1 aromatic heterocycles. The van der Waals surface area contributed by atoms with Crippen LogP contribution in [0.1, 0.15) is 59.7 Å². The lowest BCUT2D eigenvalue weighted by molar-refractivity contribution is -0.141. The van der Waals surface area contributed by atoms with Gasteiger partial charge in [0, 0.05) is 54.0 Å². The van der Waals surface area contributed by atoms with Gasteiger partial charge in [0.2, 0.25) is 5.88 Å². The molecule has 0 atom stereocenters. The molecule has 7 nitrogen and oxygen atoms in total. The largest absolute Gasteiger partial charge is 0.466 e. The van der Waals surface area contributed by atoms with Crippen molar-refractivity contribution in [1.29, 1.82) is 0 Å². The summed E-state index contributed by atoms with van der Waals surface area (Å²) in [5, 5.41) is 11.9. The third kappa shape index (κ3) is 6.28. The third-order valence-corrected chi connectivity index (χ3v) is 7.89. The Labute approximate surface area is 239 Å². The number of piperidine rings is 1. The first-order chi connectivity index (χ1) is 19.4. The summed E-state index contributed by atoms with van der Waals surface area (Å²) in [6.07, 6.45) is 6.15. The molecule has 0 amide bonds. The summed E-state index contributed by atoms with van der Waals surface area (Å²) >= 11 is 6.02. The first-order valence-corrected chi connectivity index (χ1v) is 14.1. The Kier molecular flexibility index (Phi) is 8.64. The molecule has 2 aromatic carbocycles. The molecule has 0 bridgehead atoms. The lowest BCUT2D eigenvalue weighted by atomic mass is 9.84. The second-order valence-electron chi connectivity index (χ2n) is 10.2. The smallest absolute Gasteiger partial charge is 0.313 e. The highest BCUT2D eigenvalue weighted by Crippen LogP contribution is 2.40. The number of carbonyl (C=O) groups is 2. The number of ketones is 1. The predicted molar refractivity (Wildman–Crippen MR) is 154 cm³/mol. The summed E-state index contributed by atoms with van der Waals surface area (Å²) in [6.45, 7) is 4.37. The van der Waals surface area contributed by atoms with Gasteiger partial charge in [0.15, 0.2) is 5.78 Å². The van der Waals surface area contributed by atoms with E-state index < -0.39 is 11.6 Å². The monoisotopic (exact) mass is 560 g/mol. The van der Waals surface area contributed by atoms with E-state index in [9.17, 15) is 14.7 Å². The molecule has 40 heavy (non-hydrogen) atoms. The van der Waals surface area contributed by atoms with E-state index in [1.54, 1.807) is 25.3 Å².